The van der Waals surface area contributed by atoms with Crippen molar-refractivity contribution in [2.24, 2.45) is 4.99 Å². The molecule has 1 aromatic heterocycles. The van der Waals surface area contributed by atoms with Crippen molar-refractivity contribution in [2.75, 3.05) is 0 Å². The van der Waals surface area contributed by atoms with Crippen LogP contribution < -0.4 is 5.46 Å². The molecule has 0 saturated heterocycles. The molecule has 1 heterocycles. The van der Waals surface area contributed by atoms with Gasteiger partial charge in [-0.2, -0.15) is 13.2 Å². The van der Waals surface area contributed by atoms with E-state index in [9.17, 15) is 26.3 Å². The van der Waals surface area contributed by atoms with Crippen molar-refractivity contribution >= 4 is 41.5 Å². The lowest BCUT2D eigenvalue weighted by atomic mass is 9.88. The molecule has 40 heavy (non-hydrogen) atoms. The van der Waals surface area contributed by atoms with Crippen LogP contribution in [0.4, 0.5) is 26.3 Å². The summed E-state index contributed by atoms with van der Waals surface area (Å²) < 4.78 is 77.9. The highest BCUT2D eigenvalue weighted by molar-refractivity contribution is 6.32. The molecule has 0 fully saturated rings. The van der Waals surface area contributed by atoms with Gasteiger partial charge in [0.05, 0.1) is 5.02 Å². The molecule has 10 heteroatoms. The summed E-state index contributed by atoms with van der Waals surface area (Å²) in [4.78, 5) is 7.02. The minimum atomic E-state index is -4.36. The fourth-order valence-electron chi connectivity index (χ4n) is 4.10. The van der Waals surface area contributed by atoms with Crippen LogP contribution in [0.1, 0.15) is 76.1 Å². The Morgan fingerprint density at radius 3 is 2.40 bits per heavy atom. The predicted octanol–water partition coefficient (Wildman–Crippen LogP) is 9.41. The number of allylic oxidation sites excluding steroid dienone is 2. The number of unbranched alkanes of at least 4 members (excludes halogenated alkanes) is 1. The van der Waals surface area contributed by atoms with Gasteiger partial charge in [-0.25, -0.2) is 13.2 Å². The Bertz CT molecular complexity index is 1390. The summed E-state index contributed by atoms with van der Waals surface area (Å²) in [5.41, 5.74) is 2.19. The molecule has 2 aromatic carbocycles. The second-order valence-electron chi connectivity index (χ2n) is 9.48. The van der Waals surface area contributed by atoms with Crippen molar-refractivity contribution in [3.63, 3.8) is 0 Å². The first kappa shape index (κ1) is 33.3. The lowest BCUT2D eigenvalue weighted by molar-refractivity contribution is -0.0878. The quantitative estimate of drug-likeness (QED) is 0.113. The minimum absolute atomic E-state index is 0.0400. The normalized spacial score (nSPS) is 13.0. The summed E-state index contributed by atoms with van der Waals surface area (Å²) in [6.45, 7) is 10.5. The molecule has 1 unspecified atom stereocenters. The van der Waals surface area contributed by atoms with Crippen molar-refractivity contribution in [1.82, 2.24) is 4.98 Å². The molecule has 1 N–H and O–H groups in total. The smallest absolute Gasteiger partial charge is 0.358 e. The highest BCUT2D eigenvalue weighted by Gasteiger charge is 2.29. The Morgan fingerprint density at radius 1 is 1.12 bits per heavy atom. The second-order valence-corrected chi connectivity index (χ2v) is 9.89. The van der Waals surface area contributed by atoms with E-state index in [2.05, 4.69) is 23.5 Å². The first-order valence-electron chi connectivity index (χ1n) is 12.9. The number of aromatic amines is 1. The van der Waals surface area contributed by atoms with E-state index < -0.39 is 35.1 Å². The molecular formula is C30H32BClF6N2. The molecular weight excluding hydrogens is 549 g/mol. The predicted molar refractivity (Wildman–Crippen MR) is 153 cm³/mol. The summed E-state index contributed by atoms with van der Waals surface area (Å²) >= 11 is 5.95. The van der Waals surface area contributed by atoms with Gasteiger partial charge in [-0.05, 0) is 55.5 Å². The summed E-state index contributed by atoms with van der Waals surface area (Å²) in [5.74, 6) is -2.98. The number of H-pyrrole nitrogens is 1. The molecule has 3 rings (SSSR count). The number of rotatable bonds is 9. The second kappa shape index (κ2) is 14.6. The first-order chi connectivity index (χ1) is 18.7. The Labute approximate surface area is 237 Å². The van der Waals surface area contributed by atoms with Gasteiger partial charge in [-0.15, -0.1) is 0 Å². The molecule has 0 amide bonds. The molecule has 2 nitrogen and oxygen atoms in total. The summed E-state index contributed by atoms with van der Waals surface area (Å²) in [6, 6.07) is 5.77. The molecule has 214 valence electrons. The maximum Gasteiger partial charge on any atom is 0.415 e. The summed E-state index contributed by atoms with van der Waals surface area (Å²) in [6.07, 6.45) is 2.01. The van der Waals surface area contributed by atoms with Crippen molar-refractivity contribution in [1.29, 1.82) is 0 Å². The fourth-order valence-corrected chi connectivity index (χ4v) is 4.27. The van der Waals surface area contributed by atoms with Crippen LogP contribution in [-0.2, 0) is 6.42 Å². The monoisotopic (exact) mass is 580 g/mol. The van der Waals surface area contributed by atoms with Gasteiger partial charge in [0.2, 0.25) is 0 Å². The molecule has 1 atom stereocenters. The number of aliphatic imine (C=N–C) groups is 1. The van der Waals surface area contributed by atoms with E-state index >= 15 is 0 Å². The molecule has 0 aliphatic carbocycles. The SMILES string of the molecule is C=C(/C=C\N=C(C)CCC)C(F)(F)F.[B]c1ccc(C(C)c2[nH]c3cc(F)c(Cl)cc3c2CCCC)c(F)c1F. The standard InChI is InChI=1S/C20H18BClF3N.C10H14F3N/c1-3-4-5-12-13-8-15(22)16(23)9-17(13)26-20(12)10(2)11-6-7-14(21)19(25)18(11)24;1-4-5-9(3)14-7-6-8(2)10(11,12)13/h6-10,26H,3-5H2,1-2H3;6-7H,2,4-5H2,1,3H3/b;7-6-,14-9?. The van der Waals surface area contributed by atoms with Crippen LogP contribution >= 0.6 is 11.6 Å². The molecule has 0 bridgehead atoms. The van der Waals surface area contributed by atoms with Gasteiger partial charge in [0.15, 0.2) is 11.6 Å². The third-order valence-corrected chi connectivity index (χ3v) is 6.64. The zero-order valence-electron chi connectivity index (χ0n) is 23.0. The van der Waals surface area contributed by atoms with Crippen LogP contribution in [0.3, 0.4) is 0 Å². The van der Waals surface area contributed by atoms with Crippen LogP contribution in [0.2, 0.25) is 5.02 Å². The van der Waals surface area contributed by atoms with E-state index in [4.69, 9.17) is 19.4 Å². The highest BCUT2D eigenvalue weighted by atomic mass is 35.5. The lowest BCUT2D eigenvalue weighted by Crippen LogP contribution is -2.14. The maximum absolute atomic E-state index is 14.4. The van der Waals surface area contributed by atoms with Gasteiger partial charge in [-0.1, -0.05) is 69.4 Å². The van der Waals surface area contributed by atoms with Crippen molar-refractivity contribution in [3.8, 4) is 0 Å². The Morgan fingerprint density at radius 2 is 1.80 bits per heavy atom. The van der Waals surface area contributed by atoms with Gasteiger partial charge in [0.1, 0.15) is 13.7 Å². The number of alkyl halides is 3. The molecule has 0 aliphatic rings. The Kier molecular flexibility index (Phi) is 12.2. The topological polar surface area (TPSA) is 28.1 Å². The Balaban J connectivity index is 0.000000342. The van der Waals surface area contributed by atoms with E-state index in [-0.39, 0.29) is 16.0 Å². The van der Waals surface area contributed by atoms with Crippen molar-refractivity contribution in [3.05, 3.63) is 88.0 Å². The highest BCUT2D eigenvalue weighted by Crippen LogP contribution is 2.36. The Hall–Kier alpha value is -2.94. The van der Waals surface area contributed by atoms with Gasteiger partial charge in [-0.3, -0.25) is 4.99 Å². The number of nitrogens with one attached hydrogen (secondary N) is 1. The third-order valence-electron chi connectivity index (χ3n) is 6.35. The van der Waals surface area contributed by atoms with E-state index in [1.165, 1.54) is 18.2 Å². The number of aryl methyl sites for hydroxylation is 1. The molecule has 3 aromatic rings. The number of benzene rings is 2. The molecule has 0 spiro atoms. The number of fused-ring (bicyclic) bond motifs is 1. The number of halogens is 7. The van der Waals surface area contributed by atoms with Crippen LogP contribution in [0.25, 0.3) is 10.9 Å². The van der Waals surface area contributed by atoms with Gasteiger partial charge < -0.3 is 4.98 Å². The van der Waals surface area contributed by atoms with Crippen LogP contribution in [0.5, 0.6) is 0 Å². The van der Waals surface area contributed by atoms with Crippen molar-refractivity contribution < 1.29 is 26.3 Å². The first-order valence-corrected chi connectivity index (χ1v) is 13.3. The third kappa shape index (κ3) is 8.53. The zero-order chi connectivity index (χ0) is 30.2. The van der Waals surface area contributed by atoms with Crippen LogP contribution in [-0.4, -0.2) is 24.7 Å². The van der Waals surface area contributed by atoms with E-state index in [0.717, 1.165) is 66.7 Å². The summed E-state index contributed by atoms with van der Waals surface area (Å²) in [7, 11) is 5.44. The lowest BCUT2D eigenvalue weighted by Gasteiger charge is -2.15. The zero-order valence-corrected chi connectivity index (χ0v) is 23.7. The van der Waals surface area contributed by atoms with Gasteiger partial charge in [0, 0.05) is 40.0 Å². The number of aromatic nitrogens is 1. The molecule has 0 aliphatic heterocycles. The number of hydrogen-bond donors (Lipinski definition) is 1. The molecule has 2 radical (unpaired) electrons. The fraction of sp³-hybridized carbons (Fsp3) is 0.367. The van der Waals surface area contributed by atoms with Gasteiger partial charge >= 0.3 is 6.18 Å². The number of hydrogen-bond acceptors (Lipinski definition) is 1. The van der Waals surface area contributed by atoms with E-state index in [1.54, 1.807) is 19.9 Å². The van der Waals surface area contributed by atoms with Crippen LogP contribution in [0, 0.1) is 17.5 Å². The van der Waals surface area contributed by atoms with Crippen molar-refractivity contribution in [2.45, 2.75) is 71.9 Å². The maximum atomic E-state index is 14.4. The van der Waals surface area contributed by atoms with Crippen LogP contribution in [0.15, 0.2) is 53.7 Å². The average Bonchev–Trinajstić information content (AvgIpc) is 3.22. The summed E-state index contributed by atoms with van der Waals surface area (Å²) in [5, 5.41) is 0.848. The minimum Gasteiger partial charge on any atom is -0.358 e. The molecule has 0 saturated carbocycles. The van der Waals surface area contributed by atoms with Gasteiger partial charge in [0.25, 0.3) is 0 Å². The largest absolute Gasteiger partial charge is 0.415 e. The average molecular weight is 581 g/mol. The van der Waals surface area contributed by atoms with E-state index in [1.807, 2.05) is 6.92 Å². The van der Waals surface area contributed by atoms with E-state index in [0.29, 0.717) is 5.52 Å². The number of nitrogens with zero attached hydrogens (tertiary/aromatic N) is 1.